The van der Waals surface area contributed by atoms with Gasteiger partial charge in [0, 0.05) is 0 Å². The van der Waals surface area contributed by atoms with E-state index in [4.69, 9.17) is 0 Å². The van der Waals surface area contributed by atoms with Crippen LogP contribution >= 0.6 is 0 Å². The summed E-state index contributed by atoms with van der Waals surface area (Å²) in [5, 5.41) is 9.99. The normalized spacial score (nSPS) is 11.2. The Kier molecular flexibility index (Phi) is 59.2. The predicted molar refractivity (Wildman–Crippen MR) is 268 cm³/mol. The lowest BCUT2D eigenvalue weighted by Gasteiger charge is -2.12. The van der Waals surface area contributed by atoms with Crippen LogP contribution < -0.4 is 0 Å². The molecule has 0 spiro atoms. The van der Waals surface area contributed by atoms with Crippen LogP contribution in [0, 0.1) is 0 Å². The molecule has 0 N–H and O–H groups in total. The quantitative estimate of drug-likeness (QED) is 0.0424. The fourth-order valence-electron chi connectivity index (χ4n) is 9.21. The molecule has 0 aromatic rings. The zero-order chi connectivity index (χ0) is 41.1. The van der Waals surface area contributed by atoms with Gasteiger partial charge in [-0.3, -0.25) is 0 Å². The van der Waals surface area contributed by atoms with Crippen molar-refractivity contribution < 1.29 is 0 Å². The van der Waals surface area contributed by atoms with Crippen molar-refractivity contribution in [2.45, 2.75) is 343 Å². The molecule has 2 heteroatoms. The van der Waals surface area contributed by atoms with Crippen molar-refractivity contribution in [1.29, 1.82) is 0 Å². The van der Waals surface area contributed by atoms with Crippen molar-refractivity contribution >= 4 is 28.3 Å². The molecule has 0 aliphatic rings. The summed E-state index contributed by atoms with van der Waals surface area (Å²) in [4.78, 5) is 0. The summed E-state index contributed by atoms with van der Waals surface area (Å²) in [6.45, 7) is 13.9. The van der Waals surface area contributed by atoms with Gasteiger partial charge in [-0.25, -0.2) is 0 Å². The first kappa shape index (κ1) is 59.2. The lowest BCUT2D eigenvalue weighted by atomic mass is 10.1. The molecule has 0 aliphatic carbocycles. The van der Waals surface area contributed by atoms with Crippen LogP contribution in [0.1, 0.15) is 311 Å². The minimum atomic E-state index is -0.444. The van der Waals surface area contributed by atoms with Gasteiger partial charge in [-0.15, -0.1) is 0 Å². The van der Waals surface area contributed by atoms with Gasteiger partial charge in [-0.05, 0) is 0 Å². The van der Waals surface area contributed by atoms with E-state index in [0.717, 1.165) is 0 Å². The maximum atomic E-state index is 2.32. The van der Waals surface area contributed by atoms with Crippen molar-refractivity contribution in [2.24, 2.45) is 0 Å². The van der Waals surface area contributed by atoms with Gasteiger partial charge in [0.1, 0.15) is 0 Å². The summed E-state index contributed by atoms with van der Waals surface area (Å²) in [5.74, 6) is 0. The molecule has 0 saturated heterocycles. The van der Waals surface area contributed by atoms with Crippen LogP contribution in [-0.2, 0) is 0 Å². The summed E-state index contributed by atoms with van der Waals surface area (Å²) in [6.07, 6.45) is 62.5. The van der Waals surface area contributed by atoms with Crippen LogP contribution in [0.2, 0.25) is 31.7 Å². The highest BCUT2D eigenvalue weighted by Gasteiger charge is 2.17. The predicted octanol–water partition coefficient (Wildman–Crippen LogP) is 21.5. The Morgan fingerprint density at radius 1 is 0.143 bits per heavy atom. The molecule has 0 saturated carbocycles. The molecule has 0 amide bonds. The second kappa shape index (κ2) is 56.1. The Balaban J connectivity index is 0. The lowest BCUT2D eigenvalue weighted by Crippen LogP contribution is -2.12. The first-order chi connectivity index (χ1) is 27.7. The minimum Gasteiger partial charge on any atom is -0.0939 e. The summed E-state index contributed by atoms with van der Waals surface area (Å²) in [5.41, 5.74) is 0. The van der Waals surface area contributed by atoms with Crippen LogP contribution in [0.15, 0.2) is 0 Å². The van der Waals surface area contributed by atoms with E-state index in [0.29, 0.717) is 0 Å². The van der Waals surface area contributed by atoms with Gasteiger partial charge in [0.25, 0.3) is 28.3 Å². The van der Waals surface area contributed by atoms with E-state index in [1.165, 1.54) is 231 Å². The molecule has 0 aliphatic heterocycles. The molecular formula is C54H114Al2. The number of unbranched alkanes of at least 4 members (excludes halogenated alkanes) is 36. The van der Waals surface area contributed by atoms with E-state index in [9.17, 15) is 0 Å². The molecule has 0 unspecified atom stereocenters. The van der Waals surface area contributed by atoms with Gasteiger partial charge in [0.15, 0.2) is 0 Å². The Bertz CT molecular complexity index is 548. The third-order valence-corrected chi connectivity index (χ3v) is 20.6. The lowest BCUT2D eigenvalue weighted by molar-refractivity contribution is 0.577. The average Bonchev–Trinajstić information content (AvgIpc) is 3.21. The molecule has 0 heterocycles. The largest absolute Gasteiger partial charge is 0.261 e. The number of hydrogen-bond acceptors (Lipinski definition) is 0. The monoisotopic (exact) mass is 817 g/mol. The zero-order valence-electron chi connectivity index (χ0n) is 41.1. The van der Waals surface area contributed by atoms with E-state index in [2.05, 4.69) is 41.5 Å². The molecule has 0 atom stereocenters. The van der Waals surface area contributed by atoms with Crippen molar-refractivity contribution in [3.8, 4) is 0 Å². The molecule has 336 valence electrons. The van der Waals surface area contributed by atoms with Crippen molar-refractivity contribution in [2.75, 3.05) is 0 Å². The number of rotatable bonds is 48. The Morgan fingerprint density at radius 2 is 0.250 bits per heavy atom. The Morgan fingerprint density at radius 3 is 0.375 bits per heavy atom. The average molecular weight is 817 g/mol. The van der Waals surface area contributed by atoms with E-state index in [1.54, 1.807) is 70.2 Å². The third-order valence-electron chi connectivity index (χ3n) is 13.3. The summed E-state index contributed by atoms with van der Waals surface area (Å²) < 4.78 is 0. The molecule has 0 bridgehead atoms. The summed E-state index contributed by atoms with van der Waals surface area (Å²) in [6, 6.07) is 0. The van der Waals surface area contributed by atoms with E-state index in [-0.39, 0.29) is 0 Å². The fourth-order valence-corrected chi connectivity index (χ4v) is 16.1. The topological polar surface area (TPSA) is 0 Å². The summed E-state index contributed by atoms with van der Waals surface area (Å²) in [7, 11) is 0. The minimum absolute atomic E-state index is 0.410. The second-order valence-electron chi connectivity index (χ2n) is 19.2. The Labute approximate surface area is 369 Å². The summed E-state index contributed by atoms with van der Waals surface area (Å²) >= 11 is -0.854. The molecule has 0 aromatic carbocycles. The van der Waals surface area contributed by atoms with Crippen LogP contribution in [-0.4, -0.2) is 28.3 Å². The highest BCUT2D eigenvalue weighted by Crippen LogP contribution is 2.22. The first-order valence-corrected chi connectivity index (χ1v) is 32.6. The number of hydrogen-bond donors (Lipinski definition) is 0. The molecule has 0 nitrogen and oxygen atoms in total. The molecule has 0 rings (SSSR count). The van der Waals surface area contributed by atoms with Gasteiger partial charge in [0.05, 0.1) is 0 Å². The van der Waals surface area contributed by atoms with Gasteiger partial charge in [-0.1, -0.05) is 343 Å². The van der Waals surface area contributed by atoms with E-state index < -0.39 is 28.3 Å². The molecular weight excluding hydrogens is 703 g/mol. The Hall–Kier alpha value is 1.06. The van der Waals surface area contributed by atoms with Crippen molar-refractivity contribution in [3.05, 3.63) is 0 Å². The van der Waals surface area contributed by atoms with E-state index >= 15 is 0 Å². The van der Waals surface area contributed by atoms with Crippen molar-refractivity contribution in [3.63, 3.8) is 0 Å². The van der Waals surface area contributed by atoms with Crippen LogP contribution in [0.4, 0.5) is 0 Å². The van der Waals surface area contributed by atoms with Crippen LogP contribution in [0.3, 0.4) is 0 Å². The van der Waals surface area contributed by atoms with Crippen molar-refractivity contribution in [1.82, 2.24) is 0 Å². The van der Waals surface area contributed by atoms with Gasteiger partial charge >= 0.3 is 0 Å². The second-order valence-corrected chi connectivity index (χ2v) is 26.1. The van der Waals surface area contributed by atoms with E-state index in [1.807, 2.05) is 0 Å². The molecule has 0 fully saturated rings. The maximum Gasteiger partial charge on any atom is 0.261 e. The maximum absolute atomic E-state index is 2.32. The molecule has 0 radical (unpaired) electrons. The highest BCUT2D eigenvalue weighted by atomic mass is 27.2. The first-order valence-electron chi connectivity index (χ1n) is 27.7. The fraction of sp³-hybridized carbons (Fsp3) is 1.00. The smallest absolute Gasteiger partial charge is 0.0939 e. The van der Waals surface area contributed by atoms with Gasteiger partial charge in [0.2, 0.25) is 0 Å². The van der Waals surface area contributed by atoms with Gasteiger partial charge in [-0.2, -0.15) is 0 Å². The van der Waals surface area contributed by atoms with Gasteiger partial charge < -0.3 is 0 Å². The van der Waals surface area contributed by atoms with Crippen LogP contribution in [0.25, 0.3) is 0 Å². The molecule has 56 heavy (non-hydrogen) atoms. The SMILES string of the molecule is CCCCCCCCC[CH2][Al]([CH2]CCCCCCCCC)[CH2]CCCCCCCCC.CCCCCCC[CH2][Al]([CH2]CCCCCCC)[CH2]CCCCCCC. The third kappa shape index (κ3) is 53.1. The van der Waals surface area contributed by atoms with Crippen LogP contribution in [0.5, 0.6) is 0 Å². The molecule has 0 aromatic heterocycles. The standard InChI is InChI=1S/3C10H21.3C8H17.2Al/c3*1-3-5-7-9-10-8-6-4-2;3*1-3-5-7-8-6-4-2;;/h3*1,3-10H2,2H3;3*1,3-8H2,2H3;;. The zero-order valence-corrected chi connectivity index (χ0v) is 43.4. The highest BCUT2D eigenvalue weighted by molar-refractivity contribution is 6.59.